The van der Waals surface area contributed by atoms with Crippen LogP contribution in [0.25, 0.3) is 97.1 Å². The third-order valence-corrected chi connectivity index (χ3v) is 10.8. The number of hydrogen-bond donors (Lipinski definition) is 0. The van der Waals surface area contributed by atoms with Crippen molar-refractivity contribution in [3.05, 3.63) is 133 Å². The molecule has 0 N–H and O–H groups in total. The third-order valence-electron chi connectivity index (χ3n) is 8.58. The lowest BCUT2D eigenvalue weighted by atomic mass is 10.0. The smallest absolute Gasteiger partial charge is 0.164 e. The lowest BCUT2D eigenvalue weighted by molar-refractivity contribution is 0.669. The summed E-state index contributed by atoms with van der Waals surface area (Å²) in [6, 6.07) is 45.8. The van der Waals surface area contributed by atoms with E-state index < -0.39 is 0 Å². The Morgan fingerprint density at radius 2 is 1.17 bits per heavy atom. The summed E-state index contributed by atoms with van der Waals surface area (Å²) in [7, 11) is 0. The van der Waals surface area contributed by atoms with Crippen LogP contribution in [0, 0.1) is 0 Å². The van der Waals surface area contributed by atoms with Gasteiger partial charge >= 0.3 is 0 Å². The number of aromatic nitrogens is 4. The summed E-state index contributed by atoms with van der Waals surface area (Å²) in [5.41, 5.74) is 6.41. The van der Waals surface area contributed by atoms with Crippen LogP contribution in [0.15, 0.2) is 138 Å². The number of fused-ring (bicyclic) bond motifs is 7. The second kappa shape index (κ2) is 10.4. The van der Waals surface area contributed by atoms with Crippen LogP contribution < -0.4 is 0 Å². The van der Waals surface area contributed by atoms with Crippen LogP contribution in [0.2, 0.25) is 0 Å². The molecule has 6 aromatic carbocycles. The first-order chi connectivity index (χ1) is 23.2. The molecule has 10 rings (SSSR count). The van der Waals surface area contributed by atoms with Crippen LogP contribution in [0.1, 0.15) is 0 Å². The molecule has 0 amide bonds. The van der Waals surface area contributed by atoms with Crippen LogP contribution >= 0.6 is 22.7 Å². The molecule has 7 heteroatoms. The van der Waals surface area contributed by atoms with Crippen LogP contribution in [-0.4, -0.2) is 19.9 Å². The molecule has 220 valence electrons. The Kier molecular flexibility index (Phi) is 5.85. The third kappa shape index (κ3) is 4.35. The summed E-state index contributed by atoms with van der Waals surface area (Å²) in [5, 5.41) is 5.41. The maximum absolute atomic E-state index is 6.47. The van der Waals surface area contributed by atoms with Crippen molar-refractivity contribution in [1.82, 2.24) is 19.9 Å². The second-order valence-electron chi connectivity index (χ2n) is 11.5. The number of para-hydroxylation sites is 1. The van der Waals surface area contributed by atoms with Gasteiger partial charge in [-0.1, -0.05) is 78.9 Å². The van der Waals surface area contributed by atoms with Crippen molar-refractivity contribution < 1.29 is 4.42 Å². The molecule has 0 aliphatic heterocycles. The van der Waals surface area contributed by atoms with E-state index in [4.69, 9.17) is 24.4 Å². The molecule has 4 heterocycles. The van der Waals surface area contributed by atoms with Gasteiger partial charge in [0, 0.05) is 53.2 Å². The average molecular weight is 639 g/mol. The van der Waals surface area contributed by atoms with E-state index in [-0.39, 0.29) is 0 Å². The van der Waals surface area contributed by atoms with Gasteiger partial charge in [-0.25, -0.2) is 19.9 Å². The topological polar surface area (TPSA) is 64.7 Å². The minimum atomic E-state index is 0.604. The van der Waals surface area contributed by atoms with Gasteiger partial charge in [0.15, 0.2) is 17.5 Å². The summed E-state index contributed by atoms with van der Waals surface area (Å²) in [4.78, 5) is 20.1. The fourth-order valence-corrected chi connectivity index (χ4v) is 8.40. The first kappa shape index (κ1) is 26.5. The van der Waals surface area contributed by atoms with Gasteiger partial charge in [-0.05, 0) is 54.6 Å². The zero-order chi connectivity index (χ0) is 30.9. The molecule has 5 nitrogen and oxygen atoms in total. The molecule has 0 aliphatic rings. The van der Waals surface area contributed by atoms with Gasteiger partial charge in [0.05, 0.1) is 10.2 Å². The van der Waals surface area contributed by atoms with Crippen molar-refractivity contribution in [1.29, 1.82) is 0 Å². The highest BCUT2D eigenvalue weighted by atomic mass is 32.1. The zero-order valence-electron chi connectivity index (χ0n) is 24.7. The van der Waals surface area contributed by atoms with E-state index >= 15 is 0 Å². The molecule has 4 aromatic heterocycles. The fourth-order valence-electron chi connectivity index (χ4n) is 6.35. The maximum Gasteiger partial charge on any atom is 0.164 e. The monoisotopic (exact) mass is 638 g/mol. The van der Waals surface area contributed by atoms with Gasteiger partial charge in [0.1, 0.15) is 16.2 Å². The fraction of sp³-hybridized carbons (Fsp3) is 0. The van der Waals surface area contributed by atoms with Gasteiger partial charge in [-0.2, -0.15) is 0 Å². The van der Waals surface area contributed by atoms with E-state index in [2.05, 4.69) is 78.9 Å². The van der Waals surface area contributed by atoms with Crippen molar-refractivity contribution in [3.8, 4) is 44.7 Å². The molecule has 47 heavy (non-hydrogen) atoms. The van der Waals surface area contributed by atoms with E-state index in [9.17, 15) is 0 Å². The highest BCUT2D eigenvalue weighted by Gasteiger charge is 2.19. The molecule has 0 atom stereocenters. The lowest BCUT2D eigenvalue weighted by Gasteiger charge is -2.09. The highest BCUT2D eigenvalue weighted by molar-refractivity contribution is 7.25. The normalized spacial score (nSPS) is 11.8. The number of nitrogens with zero attached hydrogens (tertiary/aromatic N) is 4. The molecular formula is C40H22N4OS2. The molecular weight excluding hydrogens is 617 g/mol. The number of thiazole rings is 1. The zero-order valence-corrected chi connectivity index (χ0v) is 26.3. The van der Waals surface area contributed by atoms with Crippen molar-refractivity contribution in [2.24, 2.45) is 0 Å². The quantitative estimate of drug-likeness (QED) is 0.192. The predicted octanol–water partition coefficient (Wildman–Crippen LogP) is 11.4. The Balaban J connectivity index is 1.16. The summed E-state index contributed by atoms with van der Waals surface area (Å²) in [6.07, 6.45) is 0. The van der Waals surface area contributed by atoms with Gasteiger partial charge < -0.3 is 4.42 Å². The standard InChI is InChI=1S/C40H22N4OS2/c1-2-9-23(10-3-1)37-42-38(24-18-20-34-29(21-24)26-11-4-6-15-33(26)46-34)44-39(43-37)28-12-8-14-31-36(28)27-19-17-25(22-32(27)45-31)40-41-30-13-5-7-16-35(30)47-40/h1-22H. The molecule has 0 saturated heterocycles. The number of furan rings is 1. The second-order valence-corrected chi connectivity index (χ2v) is 13.6. The average Bonchev–Trinajstić information content (AvgIpc) is 3.84. The van der Waals surface area contributed by atoms with Gasteiger partial charge in [-0.3, -0.25) is 0 Å². The molecule has 0 radical (unpaired) electrons. The summed E-state index contributed by atoms with van der Waals surface area (Å²) < 4.78 is 10.1. The maximum atomic E-state index is 6.47. The minimum Gasteiger partial charge on any atom is -0.456 e. The summed E-state index contributed by atoms with van der Waals surface area (Å²) in [5.74, 6) is 1.87. The van der Waals surface area contributed by atoms with Gasteiger partial charge in [0.25, 0.3) is 0 Å². The molecule has 10 aromatic rings. The Bertz CT molecular complexity index is 2780. The molecule has 0 fully saturated rings. The number of rotatable bonds is 4. The van der Waals surface area contributed by atoms with E-state index in [1.54, 1.807) is 22.7 Å². The molecule has 0 saturated carbocycles. The Morgan fingerprint density at radius 3 is 2.06 bits per heavy atom. The van der Waals surface area contributed by atoms with E-state index in [1.807, 2.05) is 54.6 Å². The number of benzene rings is 6. The van der Waals surface area contributed by atoms with E-state index in [0.29, 0.717) is 17.5 Å². The largest absolute Gasteiger partial charge is 0.456 e. The molecule has 0 unspecified atom stereocenters. The Hall–Kier alpha value is -5.76. The number of hydrogen-bond acceptors (Lipinski definition) is 7. The van der Waals surface area contributed by atoms with Gasteiger partial charge in [-0.15, -0.1) is 22.7 Å². The predicted molar refractivity (Wildman–Crippen MR) is 195 cm³/mol. The van der Waals surface area contributed by atoms with Crippen molar-refractivity contribution in [2.45, 2.75) is 0 Å². The lowest BCUT2D eigenvalue weighted by Crippen LogP contribution is -2.00. The van der Waals surface area contributed by atoms with Crippen LogP contribution in [0.4, 0.5) is 0 Å². The Morgan fingerprint density at radius 1 is 0.426 bits per heavy atom. The summed E-state index contributed by atoms with van der Waals surface area (Å²) >= 11 is 3.49. The van der Waals surface area contributed by atoms with Crippen LogP contribution in [-0.2, 0) is 0 Å². The van der Waals surface area contributed by atoms with Crippen LogP contribution in [0.3, 0.4) is 0 Å². The molecule has 0 spiro atoms. The van der Waals surface area contributed by atoms with Crippen molar-refractivity contribution in [2.75, 3.05) is 0 Å². The number of thiophene rings is 1. The highest BCUT2D eigenvalue weighted by Crippen LogP contribution is 2.40. The SMILES string of the molecule is c1ccc(-c2nc(-c3ccc4sc5ccccc5c4c3)nc(-c3cccc4oc5cc(-c6nc7ccccc7s6)ccc5c34)n2)cc1. The van der Waals surface area contributed by atoms with Crippen molar-refractivity contribution in [3.63, 3.8) is 0 Å². The minimum absolute atomic E-state index is 0.604. The molecule has 0 bridgehead atoms. The molecule has 0 aliphatic carbocycles. The van der Waals surface area contributed by atoms with E-state index in [0.717, 1.165) is 54.7 Å². The van der Waals surface area contributed by atoms with Gasteiger partial charge in [0.2, 0.25) is 0 Å². The van der Waals surface area contributed by atoms with Crippen LogP contribution in [0.5, 0.6) is 0 Å². The first-order valence-electron chi connectivity index (χ1n) is 15.3. The van der Waals surface area contributed by atoms with E-state index in [1.165, 1.54) is 24.9 Å². The summed E-state index contributed by atoms with van der Waals surface area (Å²) in [6.45, 7) is 0. The van der Waals surface area contributed by atoms with Crippen molar-refractivity contribution >= 4 is 75.0 Å². The first-order valence-corrected chi connectivity index (χ1v) is 16.9. The Labute approximate surface area is 276 Å².